The molecule has 0 unspecified atom stereocenters. The van der Waals surface area contributed by atoms with Crippen LogP contribution in [0.2, 0.25) is 0 Å². The van der Waals surface area contributed by atoms with Gasteiger partial charge in [0.1, 0.15) is 17.3 Å². The summed E-state index contributed by atoms with van der Waals surface area (Å²) in [5, 5.41) is 40.8. The molecule has 3 rings (SSSR count). The number of β-amino-alcohol motifs (C(OH)–C–C–N with tert-alkyl or cyclic N) is 2. The van der Waals surface area contributed by atoms with Crippen molar-refractivity contribution < 1.29 is 15.1 Å². The number of hydrogen-bond acceptors (Lipinski definition) is 7. The van der Waals surface area contributed by atoms with Crippen LogP contribution >= 0.6 is 0 Å². The van der Waals surface area contributed by atoms with Gasteiger partial charge in [-0.2, -0.15) is 5.26 Å². The standard InChI is InChI=1S/C17H22N4O4/c18-9-12-7-13(19-5-1-3-14(22)10-19)8-16(17(12)21(24)25)20-6-2-4-15(23)11-20/h7-8,14-15,22-23H,1-6,10-11H2/t14-,15-/m1/s1. The number of nitro benzene ring substituents is 1. The van der Waals surface area contributed by atoms with Crippen LogP contribution in [0.25, 0.3) is 0 Å². The number of nitrogens with zero attached hydrogens (tertiary/aromatic N) is 4. The van der Waals surface area contributed by atoms with Gasteiger partial charge in [-0.3, -0.25) is 10.1 Å². The normalized spacial score (nSPS) is 24.0. The van der Waals surface area contributed by atoms with Crippen LogP contribution in [0.15, 0.2) is 12.1 Å². The smallest absolute Gasteiger partial charge is 0.310 e. The molecule has 2 atom stereocenters. The van der Waals surface area contributed by atoms with Gasteiger partial charge in [-0.15, -0.1) is 0 Å². The molecule has 2 saturated heterocycles. The molecular weight excluding hydrogens is 324 g/mol. The second-order valence-corrected chi connectivity index (χ2v) is 6.71. The molecule has 0 saturated carbocycles. The average molecular weight is 346 g/mol. The van der Waals surface area contributed by atoms with Crippen LogP contribution in [0.5, 0.6) is 0 Å². The van der Waals surface area contributed by atoms with Gasteiger partial charge < -0.3 is 20.0 Å². The summed E-state index contributed by atoms with van der Waals surface area (Å²) < 4.78 is 0. The highest BCUT2D eigenvalue weighted by atomic mass is 16.6. The molecule has 0 spiro atoms. The fourth-order valence-electron chi connectivity index (χ4n) is 3.67. The predicted octanol–water partition coefficient (Wildman–Crippen LogP) is 1.39. The number of aliphatic hydroxyl groups excluding tert-OH is 2. The van der Waals surface area contributed by atoms with Gasteiger partial charge >= 0.3 is 5.69 Å². The van der Waals surface area contributed by atoms with Gasteiger partial charge in [0.05, 0.1) is 17.1 Å². The molecule has 0 radical (unpaired) electrons. The second-order valence-electron chi connectivity index (χ2n) is 6.71. The summed E-state index contributed by atoms with van der Waals surface area (Å²) in [4.78, 5) is 14.8. The summed E-state index contributed by atoms with van der Waals surface area (Å²) in [6, 6.07) is 5.18. The zero-order valence-corrected chi connectivity index (χ0v) is 14.0. The zero-order chi connectivity index (χ0) is 18.0. The number of anilines is 2. The Labute approximate surface area is 146 Å². The lowest BCUT2D eigenvalue weighted by Crippen LogP contribution is -2.40. The van der Waals surface area contributed by atoms with Crippen molar-refractivity contribution in [1.82, 2.24) is 0 Å². The first-order valence-electron chi connectivity index (χ1n) is 8.58. The lowest BCUT2D eigenvalue weighted by atomic mass is 10.0. The Bertz CT molecular complexity index is 703. The highest BCUT2D eigenvalue weighted by Crippen LogP contribution is 2.38. The molecule has 0 aliphatic carbocycles. The molecule has 8 nitrogen and oxygen atoms in total. The van der Waals surface area contributed by atoms with Gasteiger partial charge in [0.15, 0.2) is 0 Å². The lowest BCUT2D eigenvalue weighted by Gasteiger charge is -2.35. The highest BCUT2D eigenvalue weighted by molar-refractivity contribution is 5.76. The maximum atomic E-state index is 11.6. The molecule has 2 aliphatic heterocycles. The molecule has 0 amide bonds. The van der Waals surface area contributed by atoms with Gasteiger partial charge in [-0.25, -0.2) is 0 Å². The summed E-state index contributed by atoms with van der Waals surface area (Å²) >= 11 is 0. The van der Waals surface area contributed by atoms with Gasteiger partial charge in [0, 0.05) is 31.9 Å². The van der Waals surface area contributed by atoms with Crippen molar-refractivity contribution in [3.63, 3.8) is 0 Å². The summed E-state index contributed by atoms with van der Waals surface area (Å²) in [6.07, 6.45) is 2.02. The van der Waals surface area contributed by atoms with E-state index < -0.39 is 17.1 Å². The zero-order valence-electron chi connectivity index (χ0n) is 14.0. The number of aliphatic hydroxyl groups is 2. The molecular formula is C17H22N4O4. The first-order valence-corrected chi connectivity index (χ1v) is 8.58. The van der Waals surface area contributed by atoms with E-state index in [2.05, 4.69) is 0 Å². The third-order valence-electron chi connectivity index (χ3n) is 4.88. The van der Waals surface area contributed by atoms with Crippen LogP contribution in [-0.4, -0.2) is 53.5 Å². The Hall–Kier alpha value is -2.37. The molecule has 2 aliphatic rings. The fourth-order valence-corrected chi connectivity index (χ4v) is 3.67. The Kier molecular flexibility index (Phi) is 5.06. The maximum absolute atomic E-state index is 11.6. The predicted molar refractivity (Wildman–Crippen MR) is 92.7 cm³/mol. The van der Waals surface area contributed by atoms with Crippen molar-refractivity contribution in [1.29, 1.82) is 5.26 Å². The molecule has 2 heterocycles. The molecule has 0 aromatic heterocycles. The van der Waals surface area contributed by atoms with E-state index in [-0.39, 0.29) is 11.3 Å². The van der Waals surface area contributed by atoms with Crippen LogP contribution < -0.4 is 9.80 Å². The Morgan fingerprint density at radius 2 is 1.72 bits per heavy atom. The molecule has 1 aromatic rings. The third-order valence-corrected chi connectivity index (χ3v) is 4.88. The van der Waals surface area contributed by atoms with Gasteiger partial charge in [-0.05, 0) is 37.8 Å². The maximum Gasteiger partial charge on any atom is 0.310 e. The van der Waals surface area contributed by atoms with Crippen LogP contribution in [0.3, 0.4) is 0 Å². The topological polar surface area (TPSA) is 114 Å². The van der Waals surface area contributed by atoms with Crippen molar-refractivity contribution in [3.05, 3.63) is 27.8 Å². The summed E-state index contributed by atoms with van der Waals surface area (Å²) in [5.41, 5.74) is 0.879. The minimum Gasteiger partial charge on any atom is -0.391 e. The molecule has 1 aromatic carbocycles. The van der Waals surface area contributed by atoms with E-state index in [0.717, 1.165) is 25.8 Å². The third kappa shape index (κ3) is 3.67. The van der Waals surface area contributed by atoms with Crippen molar-refractivity contribution in [2.24, 2.45) is 0 Å². The second kappa shape index (κ2) is 7.25. The highest BCUT2D eigenvalue weighted by Gasteiger charge is 2.30. The Morgan fingerprint density at radius 3 is 2.28 bits per heavy atom. The number of nitriles is 1. The number of benzene rings is 1. The monoisotopic (exact) mass is 346 g/mol. The van der Waals surface area contributed by atoms with Crippen molar-refractivity contribution in [2.45, 2.75) is 37.9 Å². The van der Waals surface area contributed by atoms with Crippen LogP contribution in [0.1, 0.15) is 31.2 Å². The van der Waals surface area contributed by atoms with E-state index in [1.54, 1.807) is 11.0 Å². The number of rotatable bonds is 3. The van der Waals surface area contributed by atoms with Crippen LogP contribution in [0, 0.1) is 21.4 Å². The van der Waals surface area contributed by atoms with Crippen molar-refractivity contribution in [2.75, 3.05) is 36.0 Å². The minimum absolute atomic E-state index is 0.0117. The fraction of sp³-hybridized carbons (Fsp3) is 0.588. The lowest BCUT2D eigenvalue weighted by molar-refractivity contribution is -0.384. The largest absolute Gasteiger partial charge is 0.391 e. The average Bonchev–Trinajstić information content (AvgIpc) is 2.60. The minimum atomic E-state index is -0.528. The number of nitro groups is 1. The van der Waals surface area contributed by atoms with Gasteiger partial charge in [0.2, 0.25) is 0 Å². The first kappa shape index (κ1) is 17.5. The van der Waals surface area contributed by atoms with E-state index in [1.807, 2.05) is 11.0 Å². The number of hydrogen-bond donors (Lipinski definition) is 2. The molecule has 2 N–H and O–H groups in total. The van der Waals surface area contributed by atoms with E-state index in [4.69, 9.17) is 0 Å². The number of piperidine rings is 2. The Morgan fingerprint density at radius 1 is 1.12 bits per heavy atom. The van der Waals surface area contributed by atoms with Gasteiger partial charge in [0.25, 0.3) is 0 Å². The van der Waals surface area contributed by atoms with Crippen LogP contribution in [0.4, 0.5) is 17.1 Å². The molecule has 134 valence electrons. The van der Waals surface area contributed by atoms with E-state index >= 15 is 0 Å². The summed E-state index contributed by atoms with van der Waals surface area (Å²) in [7, 11) is 0. The molecule has 25 heavy (non-hydrogen) atoms. The van der Waals surface area contributed by atoms with E-state index in [1.165, 1.54) is 6.07 Å². The molecule has 2 fully saturated rings. The van der Waals surface area contributed by atoms with E-state index in [9.17, 15) is 25.6 Å². The van der Waals surface area contributed by atoms with E-state index in [0.29, 0.717) is 37.4 Å². The van der Waals surface area contributed by atoms with Crippen LogP contribution in [-0.2, 0) is 0 Å². The van der Waals surface area contributed by atoms with Crippen molar-refractivity contribution in [3.8, 4) is 6.07 Å². The SMILES string of the molecule is N#Cc1cc(N2CCC[C@@H](O)C2)cc(N2CCC[C@@H](O)C2)c1[N+](=O)[O-]. The first-order chi connectivity index (χ1) is 12.0. The van der Waals surface area contributed by atoms with Crippen molar-refractivity contribution >= 4 is 17.1 Å². The Balaban J connectivity index is 2.05. The summed E-state index contributed by atoms with van der Waals surface area (Å²) in [5.74, 6) is 0. The summed E-state index contributed by atoms with van der Waals surface area (Å²) in [6.45, 7) is 2.11. The van der Waals surface area contributed by atoms with Gasteiger partial charge in [-0.1, -0.05) is 0 Å². The quantitative estimate of drug-likeness (QED) is 0.628. The molecule has 8 heteroatoms. The molecule has 0 bridgehead atoms.